The van der Waals surface area contributed by atoms with E-state index in [0.29, 0.717) is 6.54 Å². The zero-order valence-corrected chi connectivity index (χ0v) is 16.0. The number of sulfonamides is 1. The third kappa shape index (κ3) is 4.83. The highest BCUT2D eigenvalue weighted by Gasteiger charge is 2.23. The normalized spacial score (nSPS) is 11.4. The van der Waals surface area contributed by atoms with Crippen molar-refractivity contribution >= 4 is 15.9 Å². The fraction of sp³-hybridized carbons (Fsp3) is 0.316. The van der Waals surface area contributed by atoms with Crippen LogP contribution in [0.5, 0.6) is 5.75 Å². The number of hydrogen-bond donors (Lipinski definition) is 1. The molecule has 0 aliphatic carbocycles. The van der Waals surface area contributed by atoms with Crippen LogP contribution in [0.25, 0.3) is 0 Å². The molecule has 1 N–H and O–H groups in total. The summed E-state index contributed by atoms with van der Waals surface area (Å²) in [5.41, 5.74) is 1.50. The van der Waals surface area contributed by atoms with Gasteiger partial charge in [0.15, 0.2) is 0 Å². The molecule has 0 unspecified atom stereocenters. The summed E-state index contributed by atoms with van der Waals surface area (Å²) in [6, 6.07) is 14.4. The molecule has 7 heteroatoms. The van der Waals surface area contributed by atoms with Gasteiger partial charge in [0.05, 0.1) is 7.11 Å². The number of carbonyl (C=O) groups excluding carboxylic acids is 1. The van der Waals surface area contributed by atoms with Crippen molar-refractivity contribution < 1.29 is 17.9 Å². The summed E-state index contributed by atoms with van der Waals surface area (Å²) in [7, 11) is 0.559. The van der Waals surface area contributed by atoms with Crippen molar-refractivity contribution in [2.75, 3.05) is 27.7 Å². The van der Waals surface area contributed by atoms with Crippen LogP contribution in [0.15, 0.2) is 53.4 Å². The standard InChI is InChI=1S/C19H24N2O4S/c1-21(2)26(23,24)18-14-16(11-12-17(18)25-3)19(22)20-13-7-10-15-8-5-4-6-9-15/h4-6,8-9,11-12,14H,7,10,13H2,1-3H3,(H,20,22). The highest BCUT2D eigenvalue weighted by molar-refractivity contribution is 7.89. The van der Waals surface area contributed by atoms with E-state index in [1.807, 2.05) is 30.3 Å². The Morgan fingerprint density at radius 1 is 1.12 bits per heavy atom. The van der Waals surface area contributed by atoms with Crippen LogP contribution in [0.1, 0.15) is 22.3 Å². The van der Waals surface area contributed by atoms with Gasteiger partial charge in [-0.3, -0.25) is 4.79 Å². The summed E-state index contributed by atoms with van der Waals surface area (Å²) in [6.07, 6.45) is 1.67. The van der Waals surface area contributed by atoms with Crippen molar-refractivity contribution in [1.82, 2.24) is 9.62 Å². The molecule has 0 spiro atoms. The van der Waals surface area contributed by atoms with Crippen molar-refractivity contribution in [2.45, 2.75) is 17.7 Å². The van der Waals surface area contributed by atoms with Crippen LogP contribution in [0, 0.1) is 0 Å². The van der Waals surface area contributed by atoms with E-state index in [4.69, 9.17) is 4.74 Å². The molecule has 0 saturated heterocycles. The number of hydrogen-bond acceptors (Lipinski definition) is 4. The predicted octanol–water partition coefficient (Wildman–Crippen LogP) is 2.31. The largest absolute Gasteiger partial charge is 0.495 e. The zero-order valence-electron chi connectivity index (χ0n) is 15.2. The average Bonchev–Trinajstić information content (AvgIpc) is 2.65. The molecule has 6 nitrogen and oxygen atoms in total. The summed E-state index contributed by atoms with van der Waals surface area (Å²) >= 11 is 0. The molecule has 2 aromatic carbocycles. The number of amides is 1. The molecule has 0 aromatic heterocycles. The lowest BCUT2D eigenvalue weighted by Crippen LogP contribution is -2.26. The van der Waals surface area contributed by atoms with E-state index >= 15 is 0 Å². The lowest BCUT2D eigenvalue weighted by Gasteiger charge is -2.15. The number of nitrogens with one attached hydrogen (secondary N) is 1. The SMILES string of the molecule is COc1ccc(C(=O)NCCCc2ccccc2)cc1S(=O)(=O)N(C)C. The van der Waals surface area contributed by atoms with Gasteiger partial charge in [0.25, 0.3) is 5.91 Å². The summed E-state index contributed by atoms with van der Waals surface area (Å²) in [4.78, 5) is 12.3. The van der Waals surface area contributed by atoms with E-state index < -0.39 is 10.0 Å². The third-order valence-electron chi connectivity index (χ3n) is 3.96. The van der Waals surface area contributed by atoms with Crippen LogP contribution in [0.3, 0.4) is 0 Å². The van der Waals surface area contributed by atoms with E-state index in [1.165, 1.54) is 38.9 Å². The number of nitrogens with zero attached hydrogens (tertiary/aromatic N) is 1. The predicted molar refractivity (Wildman–Crippen MR) is 101 cm³/mol. The monoisotopic (exact) mass is 376 g/mol. The molecule has 140 valence electrons. The summed E-state index contributed by atoms with van der Waals surface area (Å²) in [5.74, 6) is -0.102. The molecule has 0 saturated carbocycles. The number of rotatable bonds is 8. The number of benzene rings is 2. The first kappa shape index (κ1) is 19.9. The number of carbonyl (C=O) groups is 1. The van der Waals surface area contributed by atoms with E-state index in [1.54, 1.807) is 6.07 Å². The zero-order chi connectivity index (χ0) is 19.2. The Hall–Kier alpha value is -2.38. The first-order chi connectivity index (χ1) is 12.4. The minimum Gasteiger partial charge on any atom is -0.495 e. The van der Waals surface area contributed by atoms with Crippen LogP contribution < -0.4 is 10.1 Å². The lowest BCUT2D eigenvalue weighted by molar-refractivity contribution is 0.0953. The number of methoxy groups -OCH3 is 1. The summed E-state index contributed by atoms with van der Waals surface area (Å²) in [6.45, 7) is 0.509. The minimum atomic E-state index is -3.71. The van der Waals surface area contributed by atoms with E-state index in [2.05, 4.69) is 5.32 Å². The molecule has 0 radical (unpaired) electrons. The van der Waals surface area contributed by atoms with Gasteiger partial charge in [-0.15, -0.1) is 0 Å². The van der Waals surface area contributed by atoms with Crippen LogP contribution in [-0.4, -0.2) is 46.4 Å². The highest BCUT2D eigenvalue weighted by Crippen LogP contribution is 2.26. The molecule has 0 atom stereocenters. The van der Waals surface area contributed by atoms with Crippen molar-refractivity contribution in [3.05, 3.63) is 59.7 Å². The molecule has 2 rings (SSSR count). The first-order valence-electron chi connectivity index (χ1n) is 8.29. The quantitative estimate of drug-likeness (QED) is 0.718. The molecular formula is C19H24N2O4S. The summed E-state index contributed by atoms with van der Waals surface area (Å²) in [5, 5.41) is 2.83. The van der Waals surface area contributed by atoms with Crippen molar-refractivity contribution in [1.29, 1.82) is 0 Å². The average molecular weight is 376 g/mol. The Morgan fingerprint density at radius 3 is 2.42 bits per heavy atom. The van der Waals surface area contributed by atoms with Gasteiger partial charge in [0.2, 0.25) is 10.0 Å². The molecular weight excluding hydrogens is 352 g/mol. The van der Waals surface area contributed by atoms with E-state index in [0.717, 1.165) is 17.1 Å². The van der Waals surface area contributed by atoms with E-state index in [9.17, 15) is 13.2 Å². The van der Waals surface area contributed by atoms with Crippen molar-refractivity contribution in [3.63, 3.8) is 0 Å². The first-order valence-corrected chi connectivity index (χ1v) is 9.73. The van der Waals surface area contributed by atoms with Crippen LogP contribution >= 0.6 is 0 Å². The minimum absolute atomic E-state index is 0.0260. The molecule has 0 aliphatic heterocycles. The molecule has 0 bridgehead atoms. The van der Waals surface area contributed by atoms with Gasteiger partial charge in [-0.1, -0.05) is 30.3 Å². The number of ether oxygens (including phenoxy) is 1. The fourth-order valence-electron chi connectivity index (χ4n) is 2.46. The Bertz CT molecular complexity index is 849. The molecule has 26 heavy (non-hydrogen) atoms. The van der Waals surface area contributed by atoms with Gasteiger partial charge in [-0.05, 0) is 36.6 Å². The van der Waals surface area contributed by atoms with Crippen LogP contribution in [0.2, 0.25) is 0 Å². The van der Waals surface area contributed by atoms with E-state index in [-0.39, 0.29) is 22.1 Å². The number of aryl methyl sites for hydroxylation is 1. The highest BCUT2D eigenvalue weighted by atomic mass is 32.2. The van der Waals surface area contributed by atoms with Gasteiger partial charge in [0, 0.05) is 26.2 Å². The Morgan fingerprint density at radius 2 is 1.81 bits per heavy atom. The molecule has 0 heterocycles. The van der Waals surface area contributed by atoms with Crippen molar-refractivity contribution in [3.8, 4) is 5.75 Å². The summed E-state index contributed by atoms with van der Waals surface area (Å²) < 4.78 is 31.1. The molecule has 1 amide bonds. The maximum absolute atomic E-state index is 12.4. The molecule has 2 aromatic rings. The molecule has 0 aliphatic rings. The van der Waals surface area contributed by atoms with Gasteiger partial charge in [-0.25, -0.2) is 12.7 Å². The molecule has 0 fully saturated rings. The second kappa shape index (κ2) is 8.82. The Kier molecular flexibility index (Phi) is 6.76. The second-order valence-corrected chi connectivity index (χ2v) is 8.12. The lowest BCUT2D eigenvalue weighted by atomic mass is 10.1. The van der Waals surface area contributed by atoms with Gasteiger partial charge in [-0.2, -0.15) is 0 Å². The van der Waals surface area contributed by atoms with Gasteiger partial charge >= 0.3 is 0 Å². The second-order valence-electron chi connectivity index (χ2n) is 6.00. The smallest absolute Gasteiger partial charge is 0.251 e. The Balaban J connectivity index is 2.05. The van der Waals surface area contributed by atoms with Crippen molar-refractivity contribution in [2.24, 2.45) is 0 Å². The maximum Gasteiger partial charge on any atom is 0.251 e. The topological polar surface area (TPSA) is 75.7 Å². The van der Waals surface area contributed by atoms with Gasteiger partial charge < -0.3 is 10.1 Å². The van der Waals surface area contributed by atoms with Gasteiger partial charge in [0.1, 0.15) is 10.6 Å². The fourth-order valence-corrected chi connectivity index (χ4v) is 3.53. The van der Waals surface area contributed by atoms with Crippen LogP contribution in [0.4, 0.5) is 0 Å². The third-order valence-corrected chi connectivity index (χ3v) is 5.79. The van der Waals surface area contributed by atoms with Crippen LogP contribution in [-0.2, 0) is 16.4 Å². The maximum atomic E-state index is 12.4. The Labute approximate surface area is 154 Å².